The summed E-state index contributed by atoms with van der Waals surface area (Å²) in [7, 11) is -3.13. The van der Waals surface area contributed by atoms with Crippen LogP contribution in [0.4, 0.5) is 5.82 Å². The number of thiophene rings is 1. The van der Waals surface area contributed by atoms with Crippen LogP contribution in [0, 0.1) is 0 Å². The molecule has 0 unspecified atom stereocenters. The molecule has 5 heterocycles. The van der Waals surface area contributed by atoms with Gasteiger partial charge in [0.15, 0.2) is 5.82 Å². The predicted molar refractivity (Wildman–Crippen MR) is 139 cm³/mol. The second-order valence-electron chi connectivity index (χ2n) is 9.08. The lowest BCUT2D eigenvalue weighted by atomic mass is 10.1. The summed E-state index contributed by atoms with van der Waals surface area (Å²) in [5.41, 5.74) is 2.09. The van der Waals surface area contributed by atoms with Crippen molar-refractivity contribution in [1.29, 1.82) is 0 Å². The molecule has 0 saturated carbocycles. The van der Waals surface area contributed by atoms with Gasteiger partial charge < -0.3 is 14.6 Å². The number of anilines is 1. The molecule has 6 rings (SSSR count). The van der Waals surface area contributed by atoms with Crippen LogP contribution in [0.3, 0.4) is 0 Å². The summed E-state index contributed by atoms with van der Waals surface area (Å²) < 4.78 is 30.9. The number of aromatic nitrogens is 3. The van der Waals surface area contributed by atoms with Crippen LogP contribution < -0.4 is 4.90 Å². The number of aromatic amines is 1. The van der Waals surface area contributed by atoms with Crippen molar-refractivity contribution in [2.45, 2.75) is 6.54 Å². The summed E-state index contributed by atoms with van der Waals surface area (Å²) in [6, 6.07) is 10.5. The molecule has 9 nitrogen and oxygen atoms in total. The average molecular weight is 513 g/mol. The van der Waals surface area contributed by atoms with Gasteiger partial charge in [-0.1, -0.05) is 12.1 Å². The second-order valence-corrected chi connectivity index (χ2v) is 12.2. The van der Waals surface area contributed by atoms with Gasteiger partial charge in [0.25, 0.3) is 0 Å². The van der Waals surface area contributed by atoms with Gasteiger partial charge in [0, 0.05) is 73.4 Å². The molecular weight excluding hydrogens is 484 g/mol. The van der Waals surface area contributed by atoms with Gasteiger partial charge >= 0.3 is 0 Å². The Bertz CT molecular complexity index is 1470. The van der Waals surface area contributed by atoms with E-state index in [0.29, 0.717) is 26.3 Å². The molecule has 2 saturated heterocycles. The summed E-state index contributed by atoms with van der Waals surface area (Å²) in [4.78, 5) is 20.2. The summed E-state index contributed by atoms with van der Waals surface area (Å²) in [6.07, 6.45) is 3.23. The van der Waals surface area contributed by atoms with Gasteiger partial charge in [-0.05, 0) is 18.2 Å². The zero-order valence-corrected chi connectivity index (χ0v) is 21.2. The number of ether oxygens (including phenoxy) is 1. The molecule has 11 heteroatoms. The van der Waals surface area contributed by atoms with Crippen LogP contribution in [0.15, 0.2) is 36.5 Å². The van der Waals surface area contributed by atoms with Gasteiger partial charge in [-0.3, -0.25) is 4.90 Å². The van der Waals surface area contributed by atoms with Gasteiger partial charge in [-0.25, -0.2) is 18.4 Å². The van der Waals surface area contributed by atoms with Crippen molar-refractivity contribution in [2.24, 2.45) is 0 Å². The molecule has 1 aromatic carbocycles. The Kier molecular flexibility index (Phi) is 5.97. The normalized spacial score (nSPS) is 18.6. The molecule has 2 aliphatic heterocycles. The van der Waals surface area contributed by atoms with E-state index in [0.717, 1.165) is 71.0 Å². The molecule has 0 aliphatic carbocycles. The molecule has 0 bridgehead atoms. The predicted octanol–water partition coefficient (Wildman–Crippen LogP) is 2.75. The van der Waals surface area contributed by atoms with E-state index in [2.05, 4.69) is 39.0 Å². The first kappa shape index (κ1) is 22.9. The first-order valence-electron chi connectivity index (χ1n) is 11.8. The number of hydrogen-bond acceptors (Lipinski definition) is 8. The van der Waals surface area contributed by atoms with Gasteiger partial charge in [0.2, 0.25) is 10.0 Å². The molecular formula is C24H28N6O3S2. The number of morpholine rings is 1. The van der Waals surface area contributed by atoms with Crippen LogP contribution in [0.1, 0.15) is 4.88 Å². The Balaban J connectivity index is 1.36. The first-order valence-corrected chi connectivity index (χ1v) is 14.5. The van der Waals surface area contributed by atoms with E-state index in [-0.39, 0.29) is 0 Å². The molecule has 3 aromatic heterocycles. The smallest absolute Gasteiger partial charge is 0.211 e. The van der Waals surface area contributed by atoms with E-state index >= 15 is 0 Å². The quantitative estimate of drug-likeness (QED) is 0.439. The lowest BCUT2D eigenvalue weighted by molar-refractivity contribution is 0.122. The third-order valence-electron chi connectivity index (χ3n) is 6.75. The average Bonchev–Trinajstić information content (AvgIpc) is 3.50. The molecule has 2 aliphatic rings. The monoisotopic (exact) mass is 512 g/mol. The molecule has 2 fully saturated rings. The summed E-state index contributed by atoms with van der Waals surface area (Å²) in [5.74, 6) is 1.70. The Morgan fingerprint density at radius 1 is 1.03 bits per heavy atom. The molecule has 0 atom stereocenters. The second kappa shape index (κ2) is 9.14. The maximum Gasteiger partial charge on any atom is 0.211 e. The molecule has 35 heavy (non-hydrogen) atoms. The third kappa shape index (κ3) is 4.54. The van der Waals surface area contributed by atoms with Crippen LogP contribution in [0.5, 0.6) is 0 Å². The minimum Gasteiger partial charge on any atom is -0.378 e. The van der Waals surface area contributed by atoms with Crippen LogP contribution in [-0.4, -0.2) is 91.3 Å². The van der Waals surface area contributed by atoms with Crippen molar-refractivity contribution >= 4 is 48.3 Å². The SMILES string of the molecule is CS(=O)(=O)N1CCN(Cc2cc3c(N4CCOCC4)nc(-c4cccc5[nH]ccc45)nc3s2)CC1. The van der Waals surface area contributed by atoms with Crippen molar-refractivity contribution in [3.63, 3.8) is 0 Å². The van der Waals surface area contributed by atoms with Crippen molar-refractivity contribution in [2.75, 3.05) is 63.6 Å². The van der Waals surface area contributed by atoms with Crippen molar-refractivity contribution in [1.82, 2.24) is 24.2 Å². The summed E-state index contributed by atoms with van der Waals surface area (Å²) >= 11 is 1.70. The summed E-state index contributed by atoms with van der Waals surface area (Å²) in [6.45, 7) is 6.29. The fourth-order valence-corrected chi connectivity index (χ4v) is 6.78. The number of piperazine rings is 1. The van der Waals surface area contributed by atoms with E-state index in [9.17, 15) is 8.42 Å². The van der Waals surface area contributed by atoms with Crippen LogP contribution in [0.25, 0.3) is 32.5 Å². The molecule has 1 N–H and O–H groups in total. The molecule has 4 aromatic rings. The topological polar surface area (TPSA) is 94.7 Å². The zero-order chi connectivity index (χ0) is 24.0. The van der Waals surface area contributed by atoms with Crippen molar-refractivity contribution in [3.8, 4) is 11.4 Å². The highest BCUT2D eigenvalue weighted by atomic mass is 32.2. The molecule has 0 spiro atoms. The maximum atomic E-state index is 11.8. The number of benzene rings is 1. The standard InChI is InChI=1S/C24H28N6O3S2/c1-35(31,32)30-9-7-28(8-10-30)16-17-15-20-23(29-11-13-33-14-12-29)26-22(27-24(20)34-17)19-3-2-4-21-18(19)5-6-25-21/h2-6,15,25H,7-14,16H2,1H3. The fraction of sp³-hybridized carbons (Fsp3) is 0.417. The molecule has 0 radical (unpaired) electrons. The molecule has 0 amide bonds. The number of hydrogen-bond donors (Lipinski definition) is 1. The number of nitrogens with zero attached hydrogens (tertiary/aromatic N) is 5. The van der Waals surface area contributed by atoms with Crippen LogP contribution >= 0.6 is 11.3 Å². The van der Waals surface area contributed by atoms with Crippen molar-refractivity contribution < 1.29 is 13.2 Å². The van der Waals surface area contributed by atoms with Gasteiger partial charge in [-0.15, -0.1) is 11.3 Å². The highest BCUT2D eigenvalue weighted by Crippen LogP contribution is 2.36. The largest absolute Gasteiger partial charge is 0.378 e. The molecule has 184 valence electrons. The lowest BCUT2D eigenvalue weighted by Gasteiger charge is -2.32. The van der Waals surface area contributed by atoms with Gasteiger partial charge in [-0.2, -0.15) is 4.31 Å². The minimum absolute atomic E-state index is 0.535. The van der Waals surface area contributed by atoms with E-state index in [1.54, 1.807) is 15.6 Å². The Morgan fingerprint density at radius 3 is 2.60 bits per heavy atom. The Hall–Kier alpha value is -2.57. The minimum atomic E-state index is -3.13. The first-order chi connectivity index (χ1) is 17.0. The van der Waals surface area contributed by atoms with Crippen molar-refractivity contribution in [3.05, 3.63) is 41.4 Å². The van der Waals surface area contributed by atoms with E-state index in [1.165, 1.54) is 11.1 Å². The van der Waals surface area contributed by atoms with Gasteiger partial charge in [0.1, 0.15) is 10.6 Å². The Morgan fingerprint density at radius 2 is 1.83 bits per heavy atom. The zero-order valence-electron chi connectivity index (χ0n) is 19.6. The maximum absolute atomic E-state index is 11.8. The highest BCUT2D eigenvalue weighted by molar-refractivity contribution is 7.88. The number of H-pyrrole nitrogens is 1. The van der Waals surface area contributed by atoms with E-state index < -0.39 is 10.0 Å². The van der Waals surface area contributed by atoms with Crippen LogP contribution in [-0.2, 0) is 21.3 Å². The number of rotatable bonds is 5. The number of fused-ring (bicyclic) bond motifs is 2. The van der Waals surface area contributed by atoms with E-state index in [4.69, 9.17) is 14.7 Å². The third-order valence-corrected chi connectivity index (χ3v) is 9.07. The number of sulfonamides is 1. The number of nitrogens with one attached hydrogen (secondary N) is 1. The summed E-state index contributed by atoms with van der Waals surface area (Å²) in [5, 5.41) is 2.19. The fourth-order valence-electron chi connectivity index (χ4n) is 4.89. The van der Waals surface area contributed by atoms with Crippen LogP contribution in [0.2, 0.25) is 0 Å². The van der Waals surface area contributed by atoms with E-state index in [1.807, 2.05) is 12.3 Å². The van der Waals surface area contributed by atoms with Gasteiger partial charge in [0.05, 0.1) is 24.9 Å². The Labute approximate surface area is 208 Å². The highest BCUT2D eigenvalue weighted by Gasteiger charge is 2.25. The lowest BCUT2D eigenvalue weighted by Crippen LogP contribution is -2.47.